The minimum absolute atomic E-state index is 0.330. The van der Waals surface area contributed by atoms with Crippen LogP contribution >= 0.6 is 0 Å². The van der Waals surface area contributed by atoms with Crippen molar-refractivity contribution in [2.24, 2.45) is 23.7 Å². The first-order chi connectivity index (χ1) is 35.8. The Kier molecular flexibility index (Phi) is 16.7. The molecule has 1 N–H and O–H groups in total. The molecule has 12 rings (SSSR count). The summed E-state index contributed by atoms with van der Waals surface area (Å²) in [6.07, 6.45) is 88.9. The minimum atomic E-state index is 0.330. The van der Waals surface area contributed by atoms with E-state index in [0.717, 1.165) is 64.2 Å². The molecule has 2 aromatic rings. The summed E-state index contributed by atoms with van der Waals surface area (Å²) in [4.78, 5) is 4.97. The lowest BCUT2D eigenvalue weighted by Gasteiger charge is -2.37. The average Bonchev–Trinajstić information content (AvgIpc) is 3.47. The first-order valence-electron chi connectivity index (χ1n) is 27.2. The smallest absolute Gasteiger partial charge is 0.0536 e. The Balaban J connectivity index is 0.000000150. The van der Waals surface area contributed by atoms with E-state index in [1.165, 1.54) is 81.9 Å². The average molecular weight is 944 g/mol. The minimum Gasteiger partial charge on any atom is -0.378 e. The SMILES string of the molecule is C1=CCCC(C(C2C=CC=CC2)C2C=CC(N(C3=CC=CCC3)c3cccc4ccccc34)=CC2)=C1.C1=CCCC(N(C2=CCCC=C2)C2=CCC(NC3=C4C=CC=CC4CC=C3)C=C2)=C1.C1=CCCC=C1. The van der Waals surface area contributed by atoms with Gasteiger partial charge >= 0.3 is 0 Å². The van der Waals surface area contributed by atoms with E-state index in [4.69, 9.17) is 0 Å². The van der Waals surface area contributed by atoms with Crippen LogP contribution in [-0.2, 0) is 0 Å². The summed E-state index contributed by atoms with van der Waals surface area (Å²) in [6, 6.07) is 15.8. The molecule has 0 spiro atoms. The van der Waals surface area contributed by atoms with Gasteiger partial charge in [-0.05, 0) is 161 Å². The summed E-state index contributed by atoms with van der Waals surface area (Å²) in [5.74, 6) is 2.20. The number of anilines is 1. The van der Waals surface area contributed by atoms with Crippen molar-refractivity contribution in [2.75, 3.05) is 4.90 Å². The van der Waals surface area contributed by atoms with Gasteiger partial charge in [-0.1, -0.05) is 200 Å². The van der Waals surface area contributed by atoms with Crippen LogP contribution in [-0.4, -0.2) is 10.9 Å². The van der Waals surface area contributed by atoms with Gasteiger partial charge in [-0.15, -0.1) is 0 Å². The van der Waals surface area contributed by atoms with E-state index in [-0.39, 0.29) is 0 Å². The van der Waals surface area contributed by atoms with E-state index in [1.54, 1.807) is 5.57 Å². The number of rotatable bonds is 11. The highest BCUT2D eigenvalue weighted by Crippen LogP contribution is 2.43. The van der Waals surface area contributed by atoms with Crippen molar-refractivity contribution in [3.8, 4) is 0 Å². The Bertz CT molecular complexity index is 2900. The van der Waals surface area contributed by atoms with E-state index in [0.29, 0.717) is 29.7 Å². The van der Waals surface area contributed by atoms with Crippen molar-refractivity contribution in [1.82, 2.24) is 10.2 Å². The lowest BCUT2D eigenvalue weighted by molar-refractivity contribution is 0.344. The number of hydrogen-bond donors (Lipinski definition) is 1. The Morgan fingerprint density at radius 1 is 0.444 bits per heavy atom. The zero-order chi connectivity index (χ0) is 48.6. The van der Waals surface area contributed by atoms with Gasteiger partial charge in [-0.3, -0.25) is 0 Å². The van der Waals surface area contributed by atoms with Crippen LogP contribution < -0.4 is 10.2 Å². The number of fused-ring (bicyclic) bond motifs is 2. The van der Waals surface area contributed by atoms with Gasteiger partial charge in [-0.25, -0.2) is 0 Å². The molecule has 72 heavy (non-hydrogen) atoms. The Labute approximate surface area is 431 Å². The Morgan fingerprint density at radius 3 is 1.81 bits per heavy atom. The van der Waals surface area contributed by atoms with Crippen molar-refractivity contribution in [2.45, 2.75) is 95.9 Å². The highest BCUT2D eigenvalue weighted by atomic mass is 15.2. The normalized spacial score (nSPS) is 24.7. The van der Waals surface area contributed by atoms with Crippen LogP contribution in [0.5, 0.6) is 0 Å². The summed E-state index contributed by atoms with van der Waals surface area (Å²) >= 11 is 0. The maximum atomic E-state index is 3.78. The zero-order valence-corrected chi connectivity index (χ0v) is 42.2. The van der Waals surface area contributed by atoms with Gasteiger partial charge in [0.1, 0.15) is 0 Å². The van der Waals surface area contributed by atoms with Gasteiger partial charge in [0.2, 0.25) is 0 Å². The fourth-order valence-electron chi connectivity index (χ4n) is 11.6. The molecule has 10 aliphatic rings. The van der Waals surface area contributed by atoms with Crippen molar-refractivity contribution in [3.05, 3.63) is 282 Å². The molecule has 0 saturated carbocycles. The van der Waals surface area contributed by atoms with Gasteiger partial charge in [0.15, 0.2) is 0 Å². The molecule has 0 aliphatic heterocycles. The zero-order valence-electron chi connectivity index (χ0n) is 42.2. The Morgan fingerprint density at radius 2 is 1.12 bits per heavy atom. The molecule has 2 aromatic carbocycles. The molecule has 10 aliphatic carbocycles. The third kappa shape index (κ3) is 12.1. The van der Waals surface area contributed by atoms with E-state index in [9.17, 15) is 0 Å². The summed E-state index contributed by atoms with van der Waals surface area (Å²) in [5.41, 5.74) is 12.3. The monoisotopic (exact) mass is 944 g/mol. The third-order valence-electron chi connectivity index (χ3n) is 15.3. The Hall–Kier alpha value is -7.10. The van der Waals surface area contributed by atoms with Crippen LogP contribution in [0.25, 0.3) is 10.8 Å². The number of allylic oxidation sites excluding steroid dienone is 34. The molecule has 0 saturated heterocycles. The molecule has 0 radical (unpaired) electrons. The largest absolute Gasteiger partial charge is 0.378 e. The van der Waals surface area contributed by atoms with E-state index < -0.39 is 0 Å². The second-order valence-electron chi connectivity index (χ2n) is 20.1. The fraction of sp³-hybridized carbons (Fsp3) is 0.275. The lowest BCUT2D eigenvalue weighted by atomic mass is 9.70. The fourth-order valence-corrected chi connectivity index (χ4v) is 11.6. The van der Waals surface area contributed by atoms with Crippen LogP contribution in [0, 0.1) is 23.7 Å². The first kappa shape index (κ1) is 48.5. The molecule has 0 fully saturated rings. The molecule has 3 nitrogen and oxygen atoms in total. The standard InChI is InChI=1S/C35H35N.C28H30N2.C6H8/c1-4-14-28(15-5-1)35(29-16-6-2-7-17-29)30-23-25-32(26-24-30)36(31-19-8-3-9-20-31)34-22-12-18-27-13-10-11-21-33(27)34;1-3-12-24(13-4-1)30(25-14-5-2-6-15-25)26-20-18-23(19-21-26)29-28-17-9-11-22-10-7-8-16-27(22)28;1-2-4-6-5-3-1/h1-6,8,10-14,16,18-19,21-23,25-26,28,30,35H,7,9,15,17,20,24H2;1,3,5,7-10,12,14-18,20-23,29H,2,4,6,11,13,19H2;1-4H,5-6H2. The second-order valence-corrected chi connectivity index (χ2v) is 20.1. The van der Waals surface area contributed by atoms with Gasteiger partial charge in [0, 0.05) is 51.5 Å². The van der Waals surface area contributed by atoms with E-state index in [2.05, 4.69) is 252 Å². The maximum Gasteiger partial charge on any atom is 0.0536 e. The van der Waals surface area contributed by atoms with Crippen LogP contribution in [0.1, 0.15) is 89.9 Å². The first-order valence-corrected chi connectivity index (χ1v) is 27.2. The molecule has 5 atom stereocenters. The molecule has 364 valence electrons. The summed E-state index contributed by atoms with van der Waals surface area (Å²) < 4.78 is 0. The molecular formula is C69H73N3. The summed E-state index contributed by atoms with van der Waals surface area (Å²) in [6.45, 7) is 0. The molecule has 3 heteroatoms. The van der Waals surface area contributed by atoms with Crippen molar-refractivity contribution in [3.63, 3.8) is 0 Å². The lowest BCUT2D eigenvalue weighted by Crippen LogP contribution is -2.31. The van der Waals surface area contributed by atoms with Crippen molar-refractivity contribution < 1.29 is 0 Å². The van der Waals surface area contributed by atoms with Crippen molar-refractivity contribution in [1.29, 1.82) is 0 Å². The van der Waals surface area contributed by atoms with Crippen LogP contribution in [0.4, 0.5) is 5.69 Å². The van der Waals surface area contributed by atoms with Gasteiger partial charge < -0.3 is 15.1 Å². The van der Waals surface area contributed by atoms with E-state index in [1.807, 2.05) is 0 Å². The molecule has 0 heterocycles. The van der Waals surface area contributed by atoms with Crippen LogP contribution in [0.2, 0.25) is 0 Å². The van der Waals surface area contributed by atoms with Gasteiger partial charge in [0.25, 0.3) is 0 Å². The second kappa shape index (κ2) is 24.8. The molecule has 0 amide bonds. The molecular weight excluding hydrogens is 871 g/mol. The number of hydrogen-bond acceptors (Lipinski definition) is 3. The maximum absolute atomic E-state index is 3.78. The third-order valence-corrected chi connectivity index (χ3v) is 15.3. The topological polar surface area (TPSA) is 18.5 Å². The molecule has 5 unspecified atom stereocenters. The molecule has 0 aromatic heterocycles. The van der Waals surface area contributed by atoms with Crippen LogP contribution in [0.15, 0.2) is 282 Å². The molecule has 0 bridgehead atoms. The highest BCUT2D eigenvalue weighted by Gasteiger charge is 2.32. The summed E-state index contributed by atoms with van der Waals surface area (Å²) in [7, 11) is 0. The van der Waals surface area contributed by atoms with E-state index >= 15 is 0 Å². The van der Waals surface area contributed by atoms with Crippen LogP contribution in [0.3, 0.4) is 0 Å². The number of nitrogens with one attached hydrogen (secondary N) is 1. The highest BCUT2D eigenvalue weighted by molar-refractivity contribution is 5.96. The number of benzene rings is 2. The number of nitrogens with zero attached hydrogens (tertiary/aromatic N) is 2. The van der Waals surface area contributed by atoms with Gasteiger partial charge in [-0.2, -0.15) is 0 Å². The summed E-state index contributed by atoms with van der Waals surface area (Å²) in [5, 5.41) is 6.38. The predicted octanol–water partition coefficient (Wildman–Crippen LogP) is 17.8. The quantitative estimate of drug-likeness (QED) is 0.242. The van der Waals surface area contributed by atoms with Crippen molar-refractivity contribution >= 4 is 16.5 Å². The van der Waals surface area contributed by atoms with Gasteiger partial charge in [0.05, 0.1) is 5.69 Å². The predicted molar refractivity (Wildman–Crippen MR) is 308 cm³/mol.